The van der Waals surface area contributed by atoms with Crippen molar-refractivity contribution in [1.82, 2.24) is 0 Å². The molecule has 2 heteroatoms. The molecule has 2 aliphatic carbocycles. The summed E-state index contributed by atoms with van der Waals surface area (Å²) in [6.45, 7) is 10.3. The lowest BCUT2D eigenvalue weighted by molar-refractivity contribution is 0.261. The van der Waals surface area contributed by atoms with E-state index in [0.717, 1.165) is 0 Å². The molecule has 4 aliphatic rings. The van der Waals surface area contributed by atoms with Crippen LogP contribution in [-0.4, -0.2) is 11.1 Å². The van der Waals surface area contributed by atoms with E-state index in [4.69, 9.17) is 0 Å². The minimum absolute atomic E-state index is 0.00450. The molecule has 4 unspecified atom stereocenters. The molecule has 72 heavy (non-hydrogen) atoms. The van der Waals surface area contributed by atoms with Gasteiger partial charge in [-0.2, -0.15) is 0 Å². The summed E-state index contributed by atoms with van der Waals surface area (Å²) in [4.78, 5) is 5.44. The van der Waals surface area contributed by atoms with Gasteiger partial charge in [-0.1, -0.05) is 186 Å². The fourth-order valence-electron chi connectivity index (χ4n) is 15.3. The Kier molecular flexibility index (Phi) is 9.80. The topological polar surface area (TPSA) is 6.48 Å². The van der Waals surface area contributed by atoms with Gasteiger partial charge in [0.1, 0.15) is 0 Å². The Bertz CT molecular complexity index is 3470. The molecule has 0 spiro atoms. The fraction of sp³-hybridized carbons (Fsp3) is 0.257. The highest BCUT2D eigenvalue weighted by Gasteiger charge is 2.58. The minimum Gasteiger partial charge on any atom is -0.334 e. The molecule has 0 N–H and O–H groups in total. The van der Waals surface area contributed by atoms with Gasteiger partial charge in [-0.3, -0.25) is 0 Å². The van der Waals surface area contributed by atoms with Gasteiger partial charge in [0.2, 0.25) is 0 Å². The minimum atomic E-state index is -0.0302. The second-order valence-corrected chi connectivity index (χ2v) is 22.9. The highest BCUT2D eigenvalue weighted by Crippen LogP contribution is 2.63. The van der Waals surface area contributed by atoms with Gasteiger partial charge in [-0.05, 0) is 188 Å². The fourth-order valence-corrected chi connectivity index (χ4v) is 15.3. The van der Waals surface area contributed by atoms with E-state index in [1.807, 2.05) is 0 Å². The van der Waals surface area contributed by atoms with E-state index in [1.54, 1.807) is 0 Å². The predicted molar refractivity (Wildman–Crippen MR) is 307 cm³/mol. The number of para-hydroxylation sites is 2. The third-order valence-corrected chi connectivity index (χ3v) is 19.4. The first kappa shape index (κ1) is 43.6. The zero-order valence-electron chi connectivity index (χ0n) is 42.4. The van der Waals surface area contributed by atoms with Crippen LogP contribution in [0.4, 0.5) is 22.7 Å². The van der Waals surface area contributed by atoms with E-state index in [0.29, 0.717) is 0 Å². The zero-order chi connectivity index (χ0) is 48.4. The van der Waals surface area contributed by atoms with Gasteiger partial charge < -0.3 is 9.80 Å². The number of rotatable bonds is 6. The molecular weight excluding hydrogens is 869 g/mol. The van der Waals surface area contributed by atoms with Gasteiger partial charge in [0.15, 0.2) is 0 Å². The van der Waals surface area contributed by atoms with Crippen molar-refractivity contribution >= 4 is 55.1 Å². The lowest BCUT2D eigenvalue weighted by Gasteiger charge is -2.46. The molecule has 2 nitrogen and oxygen atoms in total. The van der Waals surface area contributed by atoms with Crippen molar-refractivity contribution < 1.29 is 0 Å². The molecular formula is C70H64N2. The van der Waals surface area contributed by atoms with E-state index in [2.05, 4.69) is 232 Å². The lowest BCUT2D eigenvalue weighted by Crippen LogP contribution is -2.52. The largest absolute Gasteiger partial charge is 0.334 e. The summed E-state index contributed by atoms with van der Waals surface area (Å²) in [7, 11) is 0. The molecule has 354 valence electrons. The second-order valence-electron chi connectivity index (χ2n) is 22.9. The first-order valence-electron chi connectivity index (χ1n) is 27.1. The van der Waals surface area contributed by atoms with Gasteiger partial charge >= 0.3 is 0 Å². The van der Waals surface area contributed by atoms with Crippen LogP contribution in [0.15, 0.2) is 194 Å². The normalized spacial score (nSPS) is 23.7. The number of hydrogen-bond donors (Lipinski definition) is 0. The summed E-state index contributed by atoms with van der Waals surface area (Å²) in [5, 5.41) is 7.97. The third kappa shape index (κ3) is 6.08. The van der Waals surface area contributed by atoms with Crippen LogP contribution >= 0.6 is 0 Å². The average molecular weight is 933 g/mol. The molecule has 2 saturated carbocycles. The molecule has 14 rings (SSSR count). The highest BCUT2D eigenvalue weighted by atomic mass is 15.3. The van der Waals surface area contributed by atoms with Crippen LogP contribution in [0, 0.1) is 0 Å². The van der Waals surface area contributed by atoms with Crippen LogP contribution in [0.5, 0.6) is 0 Å². The first-order chi connectivity index (χ1) is 35.2. The smallest absolute Gasteiger partial charge is 0.0517 e. The second kappa shape index (κ2) is 16.2. The van der Waals surface area contributed by atoms with Crippen LogP contribution in [-0.2, 0) is 10.8 Å². The number of fused-ring (bicyclic) bond motifs is 6. The third-order valence-electron chi connectivity index (χ3n) is 19.4. The Morgan fingerprint density at radius 1 is 0.306 bits per heavy atom. The van der Waals surface area contributed by atoms with Crippen molar-refractivity contribution in [3.05, 3.63) is 205 Å². The van der Waals surface area contributed by atoms with Crippen LogP contribution in [0.3, 0.4) is 0 Å². The first-order valence-corrected chi connectivity index (χ1v) is 27.1. The maximum absolute atomic E-state index is 2.72. The molecule has 2 aliphatic heterocycles. The molecule has 0 amide bonds. The van der Waals surface area contributed by atoms with Crippen LogP contribution in [0.25, 0.3) is 76.8 Å². The maximum Gasteiger partial charge on any atom is 0.0517 e. The summed E-state index contributed by atoms with van der Waals surface area (Å²) in [6, 6.07) is 74.7. The Balaban J connectivity index is 1.04. The average Bonchev–Trinajstić information content (AvgIpc) is 3.53. The summed E-state index contributed by atoms with van der Waals surface area (Å²) in [5.41, 5.74) is 18.6. The molecule has 10 aromatic rings. The predicted octanol–water partition coefficient (Wildman–Crippen LogP) is 19.5. The van der Waals surface area contributed by atoms with E-state index in [-0.39, 0.29) is 21.9 Å². The molecule has 0 bridgehead atoms. The summed E-state index contributed by atoms with van der Waals surface area (Å²) in [6.07, 6.45) is 12.4. The molecule has 2 fully saturated rings. The maximum atomic E-state index is 2.72. The monoisotopic (exact) mass is 933 g/mol. The quantitative estimate of drug-likeness (QED) is 0.153. The van der Waals surface area contributed by atoms with Crippen molar-refractivity contribution in [2.24, 2.45) is 0 Å². The Morgan fingerprint density at radius 2 is 0.639 bits per heavy atom. The number of anilines is 4. The van der Waals surface area contributed by atoms with Crippen molar-refractivity contribution in [2.75, 3.05) is 9.80 Å². The number of hydrogen-bond acceptors (Lipinski definition) is 2. The van der Waals surface area contributed by atoms with Gasteiger partial charge in [0.25, 0.3) is 0 Å². The highest BCUT2D eigenvalue weighted by molar-refractivity contribution is 6.32. The summed E-state index contributed by atoms with van der Waals surface area (Å²) < 4.78 is 0. The lowest BCUT2D eigenvalue weighted by atomic mass is 9.66. The van der Waals surface area contributed by atoms with Crippen molar-refractivity contribution in [3.63, 3.8) is 0 Å². The van der Waals surface area contributed by atoms with Crippen molar-refractivity contribution in [3.8, 4) is 44.5 Å². The van der Waals surface area contributed by atoms with Crippen molar-refractivity contribution in [1.29, 1.82) is 0 Å². The molecule has 10 aromatic carbocycles. The van der Waals surface area contributed by atoms with Gasteiger partial charge in [0.05, 0.1) is 11.1 Å². The number of benzene rings is 10. The van der Waals surface area contributed by atoms with Crippen LogP contribution in [0.1, 0.15) is 103 Å². The Morgan fingerprint density at radius 3 is 1.01 bits per heavy atom. The zero-order valence-corrected chi connectivity index (χ0v) is 42.4. The van der Waals surface area contributed by atoms with Crippen molar-refractivity contribution in [2.45, 2.75) is 114 Å². The summed E-state index contributed by atoms with van der Waals surface area (Å²) in [5.74, 6) is 0. The van der Waals surface area contributed by atoms with Crippen LogP contribution in [0.2, 0.25) is 0 Å². The molecule has 2 heterocycles. The van der Waals surface area contributed by atoms with Gasteiger partial charge in [-0.25, -0.2) is 0 Å². The summed E-state index contributed by atoms with van der Waals surface area (Å²) >= 11 is 0. The van der Waals surface area contributed by atoms with E-state index >= 15 is 0 Å². The van der Waals surface area contributed by atoms with Gasteiger partial charge in [-0.15, -0.1) is 0 Å². The molecule has 0 radical (unpaired) electrons. The van der Waals surface area contributed by atoms with E-state index in [1.165, 1.54) is 175 Å². The number of nitrogens with zero attached hydrogens (tertiary/aromatic N) is 2. The Hall–Kier alpha value is -7.16. The SMILES string of the molecule is CC12CCCCCC1(C)N(c1ccccc1)c1ccc(-c3cc(-c4ccccc4)c4ccc5c(-c6ccc7c(c6)C6(C)CCCCCC6(C)N7c6ccccc6)cc(-c6ccccc6)c6ccc3c4c65)cc12. The molecule has 4 atom stereocenters. The van der Waals surface area contributed by atoms with E-state index < -0.39 is 0 Å². The van der Waals surface area contributed by atoms with Gasteiger partial charge in [0, 0.05) is 33.6 Å². The van der Waals surface area contributed by atoms with Crippen LogP contribution < -0.4 is 9.80 Å². The van der Waals surface area contributed by atoms with E-state index in [9.17, 15) is 0 Å². The Labute approximate surface area is 426 Å². The standard InChI is InChI=1S/C70H64N2/c1-67-39-19-9-21-41-69(67,3)71(51-27-15-7-16-28-51)63-37-31-49(43-61(63)67)59-45-57(47-23-11-5-12-24-47)53-34-36-56-60(46-58(48-25-13-6-14-26-48)54-33-35-55(59)65(53)66(54)56)50-32-38-64-62(44-50)68(2)40-20-10-22-42-70(68,4)72(64)52-29-17-8-18-30-52/h5-8,11-18,23-38,43-46H,9-10,19-22,39-42H2,1-4H3. The molecule has 0 aromatic heterocycles. The molecule has 0 saturated heterocycles.